The van der Waals surface area contributed by atoms with Crippen LogP contribution in [0.25, 0.3) is 5.76 Å². The van der Waals surface area contributed by atoms with Crippen molar-refractivity contribution < 1.29 is 24.2 Å². The van der Waals surface area contributed by atoms with Crippen LogP contribution >= 0.6 is 0 Å². The molecule has 1 saturated heterocycles. The maximum absolute atomic E-state index is 13.1. The Balaban J connectivity index is 2.07. The molecule has 0 aromatic heterocycles. The number of benzene rings is 2. The van der Waals surface area contributed by atoms with Crippen LogP contribution in [0.4, 0.5) is 0 Å². The largest absolute Gasteiger partial charge is 0.507 e. The molecule has 1 aliphatic heterocycles. The molecular weight excluding hydrogens is 408 g/mol. The molecule has 1 aliphatic rings. The summed E-state index contributed by atoms with van der Waals surface area (Å²) in [6, 6.07) is 13.3. The fourth-order valence-corrected chi connectivity index (χ4v) is 3.94. The molecule has 0 spiro atoms. The Morgan fingerprint density at radius 1 is 0.938 bits per heavy atom. The topological polar surface area (TPSA) is 79.3 Å². The van der Waals surface area contributed by atoms with E-state index in [9.17, 15) is 14.7 Å². The van der Waals surface area contributed by atoms with Crippen molar-refractivity contribution in [1.29, 1.82) is 0 Å². The number of ketones is 1. The van der Waals surface area contributed by atoms with E-state index in [1.807, 2.05) is 12.1 Å². The van der Waals surface area contributed by atoms with Crippen LogP contribution in [0.2, 0.25) is 0 Å². The van der Waals surface area contributed by atoms with Gasteiger partial charge in [-0.05, 0) is 55.1 Å². The average molecular weight is 439 g/mol. The minimum absolute atomic E-state index is 0.0879. The number of amides is 1. The summed E-state index contributed by atoms with van der Waals surface area (Å²) in [4.78, 5) is 29.8. The van der Waals surface area contributed by atoms with Gasteiger partial charge in [-0.25, -0.2) is 0 Å². The second kappa shape index (κ2) is 10.3. The molecule has 7 nitrogen and oxygen atoms in total. The fourth-order valence-electron chi connectivity index (χ4n) is 3.94. The molecule has 170 valence electrons. The SMILES string of the molecule is CCN(CC)CCN1C(=O)C(=O)C(=C(O)c2ccc(OC)cc2)[C@@H]1c1ccc(OC)cc1. The number of carbonyl (C=O) groups excluding carboxylic acids is 2. The first-order valence-electron chi connectivity index (χ1n) is 10.7. The summed E-state index contributed by atoms with van der Waals surface area (Å²) < 4.78 is 10.4. The molecule has 0 saturated carbocycles. The third kappa shape index (κ3) is 4.62. The zero-order chi connectivity index (χ0) is 23.3. The summed E-state index contributed by atoms with van der Waals surface area (Å²) in [7, 11) is 3.13. The van der Waals surface area contributed by atoms with Crippen LogP contribution < -0.4 is 9.47 Å². The van der Waals surface area contributed by atoms with Gasteiger partial charge in [0, 0.05) is 18.7 Å². The molecule has 3 rings (SSSR count). The van der Waals surface area contributed by atoms with Gasteiger partial charge in [-0.3, -0.25) is 9.59 Å². The van der Waals surface area contributed by atoms with Gasteiger partial charge in [0.1, 0.15) is 17.3 Å². The Hall–Kier alpha value is -3.32. The van der Waals surface area contributed by atoms with Gasteiger partial charge >= 0.3 is 0 Å². The Morgan fingerprint density at radius 2 is 1.47 bits per heavy atom. The van der Waals surface area contributed by atoms with Crippen molar-refractivity contribution in [2.24, 2.45) is 0 Å². The Kier molecular flexibility index (Phi) is 7.53. The lowest BCUT2D eigenvalue weighted by atomic mass is 9.95. The molecule has 1 atom stereocenters. The molecule has 1 heterocycles. The van der Waals surface area contributed by atoms with E-state index in [2.05, 4.69) is 18.7 Å². The number of ether oxygens (including phenoxy) is 2. The normalized spacial score (nSPS) is 17.8. The van der Waals surface area contributed by atoms with Gasteiger partial charge in [0.2, 0.25) is 0 Å². The first-order chi connectivity index (χ1) is 15.4. The number of hydrogen-bond donors (Lipinski definition) is 1. The van der Waals surface area contributed by atoms with E-state index in [4.69, 9.17) is 9.47 Å². The highest BCUT2D eigenvalue weighted by atomic mass is 16.5. The molecule has 0 radical (unpaired) electrons. The molecule has 1 N–H and O–H groups in total. The van der Waals surface area contributed by atoms with Crippen LogP contribution in [-0.2, 0) is 9.59 Å². The third-order valence-electron chi connectivity index (χ3n) is 5.89. The quantitative estimate of drug-likeness (QED) is 0.367. The van der Waals surface area contributed by atoms with Crippen LogP contribution in [0.3, 0.4) is 0 Å². The van der Waals surface area contributed by atoms with E-state index in [0.717, 1.165) is 18.7 Å². The van der Waals surface area contributed by atoms with Crippen molar-refractivity contribution in [3.05, 3.63) is 65.2 Å². The summed E-state index contributed by atoms with van der Waals surface area (Å²) in [5.74, 6) is -0.180. The number of Topliss-reactive ketones (excluding diaryl/α,β-unsaturated/α-hetero) is 1. The van der Waals surface area contributed by atoms with Crippen molar-refractivity contribution >= 4 is 17.4 Å². The predicted molar refractivity (Wildman–Crippen MR) is 123 cm³/mol. The number of methoxy groups -OCH3 is 2. The summed E-state index contributed by atoms with van der Waals surface area (Å²) >= 11 is 0. The van der Waals surface area contributed by atoms with Crippen LogP contribution in [0.15, 0.2) is 54.1 Å². The second-order valence-electron chi connectivity index (χ2n) is 7.52. The van der Waals surface area contributed by atoms with Crippen LogP contribution in [0, 0.1) is 0 Å². The average Bonchev–Trinajstić information content (AvgIpc) is 3.09. The van der Waals surface area contributed by atoms with Gasteiger partial charge in [0.25, 0.3) is 11.7 Å². The van der Waals surface area contributed by atoms with Crippen LogP contribution in [0.5, 0.6) is 11.5 Å². The summed E-state index contributed by atoms with van der Waals surface area (Å²) in [6.45, 7) is 6.82. The van der Waals surface area contributed by atoms with Crippen molar-refractivity contribution in [1.82, 2.24) is 9.80 Å². The molecule has 32 heavy (non-hydrogen) atoms. The standard InChI is InChI=1S/C25H30N2O5/c1-5-26(6-2)15-16-27-22(17-7-11-19(31-3)12-8-17)21(24(29)25(27)30)23(28)18-9-13-20(32-4)14-10-18/h7-14,22,28H,5-6,15-16H2,1-4H3/t22-/m0/s1. The third-order valence-corrected chi connectivity index (χ3v) is 5.89. The monoisotopic (exact) mass is 438 g/mol. The molecule has 1 amide bonds. The number of aliphatic hydroxyl groups excluding tert-OH is 1. The molecule has 0 bridgehead atoms. The lowest BCUT2D eigenvalue weighted by Crippen LogP contribution is -2.38. The zero-order valence-electron chi connectivity index (χ0n) is 19.0. The maximum Gasteiger partial charge on any atom is 0.295 e. The first-order valence-corrected chi connectivity index (χ1v) is 10.7. The highest BCUT2D eigenvalue weighted by molar-refractivity contribution is 6.46. The van der Waals surface area contributed by atoms with E-state index < -0.39 is 17.7 Å². The number of likely N-dealkylation sites (N-methyl/N-ethyl adjacent to an activating group) is 1. The minimum atomic E-state index is -0.682. The van der Waals surface area contributed by atoms with Gasteiger partial charge < -0.3 is 24.4 Å². The van der Waals surface area contributed by atoms with Crippen LogP contribution in [-0.4, -0.2) is 67.0 Å². The summed E-state index contributed by atoms with van der Waals surface area (Å²) in [6.07, 6.45) is 0. The van der Waals surface area contributed by atoms with Gasteiger partial charge in [-0.1, -0.05) is 26.0 Å². The van der Waals surface area contributed by atoms with Gasteiger partial charge in [-0.2, -0.15) is 0 Å². The number of rotatable bonds is 9. The van der Waals surface area contributed by atoms with Gasteiger partial charge in [-0.15, -0.1) is 0 Å². The number of aliphatic hydroxyl groups is 1. The molecule has 2 aromatic carbocycles. The number of hydrogen-bond acceptors (Lipinski definition) is 6. The number of carbonyl (C=O) groups is 2. The Bertz CT molecular complexity index is 978. The minimum Gasteiger partial charge on any atom is -0.507 e. The fraction of sp³-hybridized carbons (Fsp3) is 0.360. The molecule has 0 unspecified atom stereocenters. The Labute approximate surface area is 188 Å². The first kappa shape index (κ1) is 23.3. The van der Waals surface area contributed by atoms with E-state index in [1.54, 1.807) is 55.5 Å². The number of nitrogens with zero attached hydrogens (tertiary/aromatic N) is 2. The lowest BCUT2D eigenvalue weighted by molar-refractivity contribution is -0.140. The molecular formula is C25H30N2O5. The smallest absolute Gasteiger partial charge is 0.295 e. The molecule has 7 heteroatoms. The van der Waals surface area contributed by atoms with E-state index in [1.165, 1.54) is 0 Å². The van der Waals surface area contributed by atoms with Crippen molar-refractivity contribution in [3.8, 4) is 11.5 Å². The van der Waals surface area contributed by atoms with E-state index in [-0.39, 0.29) is 11.3 Å². The molecule has 2 aromatic rings. The Morgan fingerprint density at radius 3 is 1.97 bits per heavy atom. The molecule has 1 fully saturated rings. The summed E-state index contributed by atoms with van der Waals surface area (Å²) in [5.41, 5.74) is 1.27. The van der Waals surface area contributed by atoms with Crippen molar-refractivity contribution in [2.45, 2.75) is 19.9 Å². The van der Waals surface area contributed by atoms with Crippen molar-refractivity contribution in [3.63, 3.8) is 0 Å². The summed E-state index contributed by atoms with van der Waals surface area (Å²) in [5, 5.41) is 11.1. The molecule has 0 aliphatic carbocycles. The second-order valence-corrected chi connectivity index (χ2v) is 7.52. The van der Waals surface area contributed by atoms with E-state index >= 15 is 0 Å². The van der Waals surface area contributed by atoms with Crippen LogP contribution in [0.1, 0.15) is 31.0 Å². The van der Waals surface area contributed by atoms with Gasteiger partial charge in [0.15, 0.2) is 0 Å². The van der Waals surface area contributed by atoms with Crippen molar-refractivity contribution in [2.75, 3.05) is 40.4 Å². The maximum atomic E-state index is 13.1. The predicted octanol–water partition coefficient (Wildman–Crippen LogP) is 3.47. The van der Waals surface area contributed by atoms with Gasteiger partial charge in [0.05, 0.1) is 25.8 Å². The highest BCUT2D eigenvalue weighted by Crippen LogP contribution is 2.39. The zero-order valence-corrected chi connectivity index (χ0v) is 19.0. The van der Waals surface area contributed by atoms with E-state index in [0.29, 0.717) is 30.2 Å². The number of likely N-dealkylation sites (tertiary alicyclic amines) is 1. The lowest BCUT2D eigenvalue weighted by Gasteiger charge is -2.28. The highest BCUT2D eigenvalue weighted by Gasteiger charge is 2.45.